The lowest BCUT2D eigenvalue weighted by atomic mass is 9.73. The van der Waals surface area contributed by atoms with Crippen molar-refractivity contribution >= 4 is 11.8 Å². The van der Waals surface area contributed by atoms with Gasteiger partial charge in [-0.2, -0.15) is 5.26 Å². The van der Waals surface area contributed by atoms with Crippen LogP contribution in [0.5, 0.6) is 0 Å². The predicted octanol–water partition coefficient (Wildman–Crippen LogP) is 3.60. The number of rotatable bonds is 3. The van der Waals surface area contributed by atoms with Crippen LogP contribution in [-0.2, 0) is 0 Å². The van der Waals surface area contributed by atoms with Crippen molar-refractivity contribution in [3.8, 4) is 6.07 Å². The van der Waals surface area contributed by atoms with Gasteiger partial charge >= 0.3 is 0 Å². The second-order valence-electron chi connectivity index (χ2n) is 4.93. The van der Waals surface area contributed by atoms with Gasteiger partial charge < -0.3 is 0 Å². The fourth-order valence-electron chi connectivity index (χ4n) is 2.69. The Morgan fingerprint density at radius 2 is 2.29 bits per heavy atom. The van der Waals surface area contributed by atoms with Crippen LogP contribution in [0.2, 0.25) is 0 Å². The summed E-state index contributed by atoms with van der Waals surface area (Å²) in [5, 5.41) is 9.27. The second-order valence-corrected chi connectivity index (χ2v) is 6.41. The number of nitriles is 1. The van der Waals surface area contributed by atoms with Crippen LogP contribution in [0.25, 0.3) is 0 Å². The first-order valence-electron chi connectivity index (χ1n) is 5.81. The van der Waals surface area contributed by atoms with Crippen molar-refractivity contribution in [3.05, 3.63) is 0 Å². The number of hydrogen-bond donors (Lipinski definition) is 0. The monoisotopic (exact) mass is 209 g/mol. The van der Waals surface area contributed by atoms with Crippen molar-refractivity contribution in [3.63, 3.8) is 0 Å². The minimum atomic E-state index is -0.00495. The molecule has 1 saturated carbocycles. The number of nitrogens with zero attached hydrogens (tertiary/aromatic N) is 1. The molecule has 2 aliphatic rings. The van der Waals surface area contributed by atoms with E-state index < -0.39 is 0 Å². The molecule has 0 amide bonds. The minimum Gasteiger partial charge on any atom is -0.197 e. The molecule has 1 aliphatic heterocycles. The van der Waals surface area contributed by atoms with Crippen LogP contribution in [0.15, 0.2) is 0 Å². The average Bonchev–Trinajstić information content (AvgIpc) is 2.50. The van der Waals surface area contributed by atoms with E-state index in [1.165, 1.54) is 31.4 Å². The first-order valence-corrected chi connectivity index (χ1v) is 6.79. The molecule has 78 valence electrons. The molecule has 2 fully saturated rings. The molecule has 0 aromatic carbocycles. The summed E-state index contributed by atoms with van der Waals surface area (Å²) in [6, 6.07) is 2.57. The quantitative estimate of drug-likeness (QED) is 0.709. The second kappa shape index (κ2) is 4.14. The SMILES string of the molecule is CC(CC1(C#N)CCCS1)C1CCC1. The fourth-order valence-corrected chi connectivity index (χ4v) is 4.10. The molecule has 0 bridgehead atoms. The zero-order valence-corrected chi connectivity index (χ0v) is 9.78. The lowest BCUT2D eigenvalue weighted by Gasteiger charge is -2.34. The molecule has 1 nitrogen and oxygen atoms in total. The van der Waals surface area contributed by atoms with Crippen molar-refractivity contribution < 1.29 is 0 Å². The van der Waals surface area contributed by atoms with Gasteiger partial charge in [0.05, 0.1) is 6.07 Å². The van der Waals surface area contributed by atoms with Gasteiger partial charge in [0.1, 0.15) is 4.75 Å². The van der Waals surface area contributed by atoms with E-state index in [0.717, 1.165) is 24.7 Å². The molecule has 2 unspecified atom stereocenters. The molecule has 1 saturated heterocycles. The molecule has 0 N–H and O–H groups in total. The van der Waals surface area contributed by atoms with E-state index >= 15 is 0 Å². The third-order valence-electron chi connectivity index (χ3n) is 3.91. The van der Waals surface area contributed by atoms with Gasteiger partial charge in [-0.3, -0.25) is 0 Å². The molecular weight excluding hydrogens is 190 g/mol. The fraction of sp³-hybridized carbons (Fsp3) is 0.917. The van der Waals surface area contributed by atoms with Crippen LogP contribution >= 0.6 is 11.8 Å². The van der Waals surface area contributed by atoms with E-state index in [9.17, 15) is 5.26 Å². The van der Waals surface area contributed by atoms with E-state index in [4.69, 9.17) is 0 Å². The summed E-state index contributed by atoms with van der Waals surface area (Å²) < 4.78 is -0.00495. The van der Waals surface area contributed by atoms with E-state index in [2.05, 4.69) is 13.0 Å². The lowest BCUT2D eigenvalue weighted by Crippen LogP contribution is -2.28. The molecule has 1 aliphatic carbocycles. The maximum Gasteiger partial charge on any atom is 0.103 e. The maximum atomic E-state index is 9.27. The van der Waals surface area contributed by atoms with Crippen molar-refractivity contribution in [1.82, 2.24) is 0 Å². The summed E-state index contributed by atoms with van der Waals surface area (Å²) in [6.45, 7) is 2.35. The Morgan fingerprint density at radius 3 is 2.71 bits per heavy atom. The van der Waals surface area contributed by atoms with Crippen molar-refractivity contribution in [1.29, 1.82) is 5.26 Å². The summed E-state index contributed by atoms with van der Waals surface area (Å²) in [5.74, 6) is 2.90. The third kappa shape index (κ3) is 1.93. The molecule has 0 radical (unpaired) electrons. The zero-order valence-electron chi connectivity index (χ0n) is 8.96. The van der Waals surface area contributed by atoms with E-state index in [1.54, 1.807) is 0 Å². The van der Waals surface area contributed by atoms with Crippen molar-refractivity contribution in [2.45, 2.75) is 50.2 Å². The number of hydrogen-bond acceptors (Lipinski definition) is 2. The Kier molecular flexibility index (Phi) is 3.07. The summed E-state index contributed by atoms with van der Waals surface area (Å²) >= 11 is 1.91. The molecule has 14 heavy (non-hydrogen) atoms. The van der Waals surface area contributed by atoms with Crippen LogP contribution in [0.4, 0.5) is 0 Å². The normalized spacial score (nSPS) is 34.9. The van der Waals surface area contributed by atoms with E-state index in [1.807, 2.05) is 11.8 Å². The molecule has 2 rings (SSSR count). The molecule has 0 spiro atoms. The van der Waals surface area contributed by atoms with Crippen LogP contribution in [-0.4, -0.2) is 10.5 Å². The Labute approximate surface area is 91.3 Å². The Hall–Kier alpha value is -0.160. The van der Waals surface area contributed by atoms with Crippen LogP contribution < -0.4 is 0 Å². The highest BCUT2D eigenvalue weighted by Gasteiger charge is 2.38. The minimum absolute atomic E-state index is 0.00495. The van der Waals surface area contributed by atoms with Gasteiger partial charge in [0.15, 0.2) is 0 Å². The van der Waals surface area contributed by atoms with Gasteiger partial charge in [-0.05, 0) is 36.9 Å². The molecule has 2 atom stereocenters. The lowest BCUT2D eigenvalue weighted by molar-refractivity contribution is 0.202. The highest BCUT2D eigenvalue weighted by atomic mass is 32.2. The standard InChI is InChI=1S/C12H19NS/c1-10(11-4-2-5-11)8-12(9-13)6-3-7-14-12/h10-11H,2-8H2,1H3. The average molecular weight is 209 g/mol. The summed E-state index contributed by atoms with van der Waals surface area (Å²) in [6.07, 6.45) is 7.75. The van der Waals surface area contributed by atoms with Gasteiger partial charge in [-0.15, -0.1) is 11.8 Å². The highest BCUT2D eigenvalue weighted by Crippen LogP contribution is 2.46. The Balaban J connectivity index is 1.90. The smallest absolute Gasteiger partial charge is 0.103 e. The highest BCUT2D eigenvalue weighted by molar-refractivity contribution is 8.01. The van der Waals surface area contributed by atoms with Crippen LogP contribution in [0, 0.1) is 23.2 Å². The van der Waals surface area contributed by atoms with Gasteiger partial charge in [0, 0.05) is 0 Å². The predicted molar refractivity (Wildman–Crippen MR) is 61.2 cm³/mol. The van der Waals surface area contributed by atoms with E-state index in [-0.39, 0.29) is 4.75 Å². The molecule has 0 aromatic rings. The third-order valence-corrected chi connectivity index (χ3v) is 5.42. The van der Waals surface area contributed by atoms with Gasteiger partial charge in [0.25, 0.3) is 0 Å². The van der Waals surface area contributed by atoms with Crippen LogP contribution in [0.3, 0.4) is 0 Å². The van der Waals surface area contributed by atoms with E-state index in [0.29, 0.717) is 0 Å². The molecule has 1 heterocycles. The topological polar surface area (TPSA) is 23.8 Å². The summed E-state index contributed by atoms with van der Waals surface area (Å²) in [4.78, 5) is 0. The zero-order chi connectivity index (χ0) is 10.0. The van der Waals surface area contributed by atoms with Gasteiger partial charge in [0.2, 0.25) is 0 Å². The Bertz CT molecular complexity index is 233. The molecule has 0 aromatic heterocycles. The molecular formula is C12H19NS. The van der Waals surface area contributed by atoms with Crippen molar-refractivity contribution in [2.24, 2.45) is 11.8 Å². The number of thioether (sulfide) groups is 1. The van der Waals surface area contributed by atoms with Crippen LogP contribution in [0.1, 0.15) is 45.4 Å². The summed E-state index contributed by atoms with van der Waals surface area (Å²) in [5.41, 5.74) is 0. The maximum absolute atomic E-state index is 9.27. The summed E-state index contributed by atoms with van der Waals surface area (Å²) in [7, 11) is 0. The first kappa shape index (κ1) is 10.4. The first-order chi connectivity index (χ1) is 6.76. The Morgan fingerprint density at radius 1 is 1.50 bits per heavy atom. The largest absolute Gasteiger partial charge is 0.197 e. The molecule has 2 heteroatoms. The van der Waals surface area contributed by atoms with Crippen molar-refractivity contribution in [2.75, 3.05) is 5.75 Å². The van der Waals surface area contributed by atoms with Gasteiger partial charge in [-0.1, -0.05) is 26.2 Å². The van der Waals surface area contributed by atoms with Gasteiger partial charge in [-0.25, -0.2) is 0 Å².